The molecule has 2 aromatic heterocycles. The smallest absolute Gasteiger partial charge is 0.306 e. The Hall–Kier alpha value is -2.14. The Kier molecular flexibility index (Phi) is 4.48. The first kappa shape index (κ1) is 15.7. The van der Waals surface area contributed by atoms with Crippen LogP contribution in [0.2, 0.25) is 0 Å². The first-order chi connectivity index (χ1) is 11.2. The molecule has 1 aliphatic heterocycles. The lowest BCUT2D eigenvalue weighted by Gasteiger charge is -2.29. The summed E-state index contributed by atoms with van der Waals surface area (Å²) in [5.41, 5.74) is 2.73. The van der Waals surface area contributed by atoms with Crippen molar-refractivity contribution in [2.24, 2.45) is 0 Å². The van der Waals surface area contributed by atoms with Crippen LogP contribution in [0.3, 0.4) is 0 Å². The summed E-state index contributed by atoms with van der Waals surface area (Å²) in [5.74, 6) is 0. The molecule has 1 fully saturated rings. The molecule has 4 rings (SSSR count). The summed E-state index contributed by atoms with van der Waals surface area (Å²) in [4.78, 5) is 22.3. The molecule has 5 heteroatoms. The summed E-state index contributed by atoms with van der Waals surface area (Å²) in [6.07, 6.45) is 3.85. The Morgan fingerprint density at radius 1 is 1.17 bits per heavy atom. The summed E-state index contributed by atoms with van der Waals surface area (Å²) < 4.78 is 1.90. The Balaban J connectivity index is 0.000000753. The van der Waals surface area contributed by atoms with Crippen LogP contribution in [-0.2, 0) is 0 Å². The van der Waals surface area contributed by atoms with Crippen molar-refractivity contribution in [1.29, 1.82) is 0 Å². The number of fused-ring (bicyclic) bond motifs is 3. The minimum atomic E-state index is -0.0160. The van der Waals surface area contributed by atoms with Crippen LogP contribution >= 0.6 is 0 Å². The zero-order chi connectivity index (χ0) is 16.4. The highest BCUT2D eigenvalue weighted by Gasteiger charge is 2.22. The average molecular weight is 312 g/mol. The minimum Gasteiger partial charge on any atom is -0.306 e. The topological polar surface area (TPSA) is 53.9 Å². The number of benzene rings is 1. The highest BCUT2D eigenvalue weighted by Crippen LogP contribution is 2.26. The average Bonchev–Trinajstić information content (AvgIpc) is 2.94. The van der Waals surface area contributed by atoms with E-state index in [-0.39, 0.29) is 11.7 Å². The van der Waals surface area contributed by atoms with E-state index in [1.807, 2.05) is 48.9 Å². The van der Waals surface area contributed by atoms with E-state index in [1.54, 1.807) is 0 Å². The molecule has 1 N–H and O–H groups in total. The number of piperidine rings is 1. The molecule has 122 valence electrons. The fraction of sp³-hybridized carbons (Fsp3) is 0.444. The highest BCUT2D eigenvalue weighted by atomic mass is 16.1. The van der Waals surface area contributed by atoms with Crippen LogP contribution in [0, 0.1) is 0 Å². The van der Waals surface area contributed by atoms with Crippen LogP contribution in [0.4, 0.5) is 0 Å². The van der Waals surface area contributed by atoms with Gasteiger partial charge in [-0.25, -0.2) is 4.79 Å². The van der Waals surface area contributed by atoms with Gasteiger partial charge >= 0.3 is 5.69 Å². The van der Waals surface area contributed by atoms with Crippen LogP contribution in [0.5, 0.6) is 0 Å². The van der Waals surface area contributed by atoms with E-state index in [4.69, 9.17) is 0 Å². The second-order valence-corrected chi connectivity index (χ2v) is 5.87. The maximum absolute atomic E-state index is 12.4. The summed E-state index contributed by atoms with van der Waals surface area (Å²) >= 11 is 0. The number of aromatic nitrogens is 3. The predicted molar refractivity (Wildman–Crippen MR) is 95.0 cm³/mol. The lowest BCUT2D eigenvalue weighted by molar-refractivity contribution is 0.221. The Labute approximate surface area is 135 Å². The number of rotatable bonds is 1. The van der Waals surface area contributed by atoms with E-state index in [0.29, 0.717) is 0 Å². The number of H-pyrrole nitrogens is 1. The van der Waals surface area contributed by atoms with Gasteiger partial charge in [-0.15, -0.1) is 0 Å². The SMILES string of the molecule is CC.CN1CCC(n2c(=O)[nH]c3c4ccccc4ncc32)CC1. The number of para-hydroxylation sites is 1. The van der Waals surface area contributed by atoms with E-state index >= 15 is 0 Å². The third-order valence-corrected chi connectivity index (χ3v) is 4.52. The van der Waals surface area contributed by atoms with Gasteiger partial charge < -0.3 is 9.88 Å². The Morgan fingerprint density at radius 3 is 2.61 bits per heavy atom. The molecule has 3 aromatic rings. The summed E-state index contributed by atoms with van der Waals surface area (Å²) in [6.45, 7) is 6.07. The molecule has 1 aromatic carbocycles. The molecular weight excluding hydrogens is 288 g/mol. The van der Waals surface area contributed by atoms with E-state index in [0.717, 1.165) is 47.9 Å². The monoisotopic (exact) mass is 312 g/mol. The van der Waals surface area contributed by atoms with Crippen LogP contribution < -0.4 is 5.69 Å². The van der Waals surface area contributed by atoms with E-state index in [1.165, 1.54) is 0 Å². The van der Waals surface area contributed by atoms with Gasteiger partial charge in [0, 0.05) is 11.4 Å². The zero-order valence-corrected chi connectivity index (χ0v) is 14.0. The van der Waals surface area contributed by atoms with E-state index in [9.17, 15) is 4.79 Å². The van der Waals surface area contributed by atoms with Crippen molar-refractivity contribution in [1.82, 2.24) is 19.4 Å². The fourth-order valence-corrected chi connectivity index (χ4v) is 3.34. The second-order valence-electron chi connectivity index (χ2n) is 5.87. The molecule has 23 heavy (non-hydrogen) atoms. The molecule has 0 radical (unpaired) electrons. The van der Waals surface area contributed by atoms with Gasteiger partial charge in [0.2, 0.25) is 0 Å². The van der Waals surface area contributed by atoms with Crippen molar-refractivity contribution in [2.75, 3.05) is 20.1 Å². The number of aromatic amines is 1. The third-order valence-electron chi connectivity index (χ3n) is 4.52. The largest absolute Gasteiger partial charge is 0.326 e. The number of likely N-dealkylation sites (tertiary alicyclic amines) is 1. The van der Waals surface area contributed by atoms with Crippen LogP contribution in [0.15, 0.2) is 35.3 Å². The number of pyridine rings is 1. The van der Waals surface area contributed by atoms with Crippen molar-refractivity contribution in [3.05, 3.63) is 40.9 Å². The van der Waals surface area contributed by atoms with Gasteiger partial charge in [-0.3, -0.25) is 9.55 Å². The highest BCUT2D eigenvalue weighted by molar-refractivity contribution is 6.01. The van der Waals surface area contributed by atoms with Gasteiger partial charge in [0.15, 0.2) is 0 Å². The van der Waals surface area contributed by atoms with Gasteiger partial charge in [-0.1, -0.05) is 32.0 Å². The molecule has 5 nitrogen and oxygen atoms in total. The number of hydrogen-bond donors (Lipinski definition) is 1. The lowest BCUT2D eigenvalue weighted by Crippen LogP contribution is -2.34. The van der Waals surface area contributed by atoms with Gasteiger partial charge in [0.1, 0.15) is 0 Å². The molecule has 0 aliphatic carbocycles. The molecule has 0 spiro atoms. The summed E-state index contributed by atoms with van der Waals surface area (Å²) in [7, 11) is 2.13. The van der Waals surface area contributed by atoms with Crippen molar-refractivity contribution in [3.63, 3.8) is 0 Å². The molecule has 0 amide bonds. The minimum absolute atomic E-state index is 0.0160. The zero-order valence-electron chi connectivity index (χ0n) is 14.0. The molecular formula is C18H24N4O. The fourth-order valence-electron chi connectivity index (χ4n) is 3.34. The van der Waals surface area contributed by atoms with Crippen LogP contribution in [-0.4, -0.2) is 39.6 Å². The van der Waals surface area contributed by atoms with Gasteiger partial charge in [-0.2, -0.15) is 0 Å². The Bertz CT molecular complexity index is 856. The van der Waals surface area contributed by atoms with Crippen molar-refractivity contribution < 1.29 is 0 Å². The van der Waals surface area contributed by atoms with Crippen molar-refractivity contribution in [3.8, 4) is 0 Å². The van der Waals surface area contributed by atoms with Crippen LogP contribution in [0.1, 0.15) is 32.7 Å². The van der Waals surface area contributed by atoms with Crippen molar-refractivity contribution >= 4 is 21.9 Å². The molecule has 3 heterocycles. The first-order valence-corrected chi connectivity index (χ1v) is 8.40. The third kappa shape index (κ3) is 2.77. The lowest BCUT2D eigenvalue weighted by atomic mass is 10.1. The number of nitrogens with zero attached hydrogens (tertiary/aromatic N) is 3. The number of imidazole rings is 1. The molecule has 0 atom stereocenters. The van der Waals surface area contributed by atoms with E-state index in [2.05, 4.69) is 21.9 Å². The predicted octanol–water partition coefficient (Wildman–Crippen LogP) is 3.17. The van der Waals surface area contributed by atoms with Gasteiger partial charge in [-0.05, 0) is 39.0 Å². The quantitative estimate of drug-likeness (QED) is 0.751. The summed E-state index contributed by atoms with van der Waals surface area (Å²) in [5, 5.41) is 1.01. The molecule has 0 unspecified atom stereocenters. The van der Waals surface area contributed by atoms with Gasteiger partial charge in [0.25, 0.3) is 0 Å². The molecule has 0 saturated carbocycles. The first-order valence-electron chi connectivity index (χ1n) is 8.40. The second kappa shape index (κ2) is 6.54. The van der Waals surface area contributed by atoms with Crippen LogP contribution in [0.25, 0.3) is 21.9 Å². The molecule has 1 saturated heterocycles. The standard InChI is InChI=1S/C16H18N4O.C2H6/c1-19-8-6-11(7-9-19)20-14-10-17-13-5-3-2-4-12(13)15(14)18-16(20)21;1-2/h2-5,10-11H,6-9H2,1H3,(H,18,21);1-2H3. The maximum Gasteiger partial charge on any atom is 0.326 e. The normalized spacial score (nSPS) is 16.5. The number of nitrogens with one attached hydrogen (secondary N) is 1. The van der Waals surface area contributed by atoms with Gasteiger partial charge in [0.05, 0.1) is 22.7 Å². The van der Waals surface area contributed by atoms with E-state index < -0.39 is 0 Å². The van der Waals surface area contributed by atoms with Crippen molar-refractivity contribution in [2.45, 2.75) is 32.7 Å². The summed E-state index contributed by atoms with van der Waals surface area (Å²) in [6, 6.07) is 8.20. The molecule has 1 aliphatic rings. The Morgan fingerprint density at radius 2 is 1.87 bits per heavy atom. The maximum atomic E-state index is 12.4. The number of hydrogen-bond acceptors (Lipinski definition) is 3. The molecule has 0 bridgehead atoms.